The number of halogens is 1. The summed E-state index contributed by atoms with van der Waals surface area (Å²) < 4.78 is 3.57. The highest BCUT2D eigenvalue weighted by Crippen LogP contribution is 2.54. The van der Waals surface area contributed by atoms with Crippen LogP contribution in [0.2, 0.25) is 0 Å². The normalized spacial score (nSPS) is 14.3. The van der Waals surface area contributed by atoms with Crippen molar-refractivity contribution in [1.29, 1.82) is 0 Å². The average Bonchev–Trinajstić information content (AvgIpc) is 3.44. The van der Waals surface area contributed by atoms with Gasteiger partial charge in [-0.05, 0) is 96.5 Å². The quantitative estimate of drug-likeness (QED) is 0.193. The molecule has 0 atom stereocenters. The topological polar surface area (TPSA) is 4.93 Å². The number of allylic oxidation sites excluding steroid dienone is 1. The molecule has 0 radical (unpaired) electrons. The van der Waals surface area contributed by atoms with Gasteiger partial charge in [-0.15, -0.1) is 0 Å². The number of fused-ring (bicyclic) bond motifs is 5. The van der Waals surface area contributed by atoms with Gasteiger partial charge in [0, 0.05) is 26.4 Å². The summed E-state index contributed by atoms with van der Waals surface area (Å²) in [5, 5.41) is 5.12. The number of nitrogens with zero attached hydrogens (tertiary/aromatic N) is 1. The van der Waals surface area contributed by atoms with Crippen LogP contribution in [-0.2, 0) is 5.41 Å². The lowest BCUT2D eigenvalue weighted by Crippen LogP contribution is -2.16. The Hall–Kier alpha value is -4.40. The van der Waals surface area contributed by atoms with E-state index in [2.05, 4.69) is 168 Å². The second-order valence-electron chi connectivity index (χ2n) is 11.5. The summed E-state index contributed by atoms with van der Waals surface area (Å²) >= 11 is 4.04. The molecule has 0 amide bonds. The molecule has 0 spiro atoms. The van der Waals surface area contributed by atoms with E-state index >= 15 is 0 Å². The lowest BCUT2D eigenvalue weighted by Gasteiger charge is -2.26. The number of rotatable bonds is 3. The summed E-state index contributed by atoms with van der Waals surface area (Å²) in [6.07, 6.45) is 0. The van der Waals surface area contributed by atoms with Gasteiger partial charge >= 0.3 is 0 Å². The van der Waals surface area contributed by atoms with Crippen LogP contribution in [0.1, 0.15) is 30.5 Å². The minimum atomic E-state index is -0.151. The third-order valence-corrected chi connectivity index (χ3v) is 9.68. The van der Waals surface area contributed by atoms with Crippen molar-refractivity contribution in [3.63, 3.8) is 0 Å². The van der Waals surface area contributed by atoms with Crippen LogP contribution in [-0.4, -0.2) is 4.57 Å². The van der Waals surface area contributed by atoms with Crippen molar-refractivity contribution in [2.75, 3.05) is 0 Å². The van der Waals surface area contributed by atoms with E-state index in [0.29, 0.717) is 0 Å². The molecule has 196 valence electrons. The van der Waals surface area contributed by atoms with Crippen LogP contribution in [0.25, 0.3) is 59.4 Å². The van der Waals surface area contributed by atoms with Crippen LogP contribution in [0.4, 0.5) is 0 Å². The SMILES string of the molecule is CC1(C)C(c2cccc3ccccc23)=C(Br)c2ccc(-c3ccc4c(c3)c3ccccc3n4-c3ccccc3)cc21. The summed E-state index contributed by atoms with van der Waals surface area (Å²) in [5.41, 5.74) is 11.3. The van der Waals surface area contributed by atoms with Crippen LogP contribution < -0.4 is 0 Å². The van der Waals surface area contributed by atoms with E-state index in [-0.39, 0.29) is 5.41 Å². The van der Waals surface area contributed by atoms with E-state index in [9.17, 15) is 0 Å². The Morgan fingerprint density at radius 1 is 0.537 bits per heavy atom. The Morgan fingerprint density at radius 2 is 1.20 bits per heavy atom. The Kier molecular flexibility index (Phi) is 5.39. The van der Waals surface area contributed by atoms with Crippen LogP contribution in [0, 0.1) is 0 Å². The van der Waals surface area contributed by atoms with Gasteiger partial charge in [0.25, 0.3) is 0 Å². The molecule has 1 aliphatic rings. The van der Waals surface area contributed by atoms with Gasteiger partial charge in [0.05, 0.1) is 11.0 Å². The summed E-state index contributed by atoms with van der Waals surface area (Å²) in [6.45, 7) is 4.72. The summed E-state index contributed by atoms with van der Waals surface area (Å²) in [4.78, 5) is 0. The lowest BCUT2D eigenvalue weighted by atomic mass is 9.77. The Balaban J connectivity index is 1.28. The molecule has 0 bridgehead atoms. The molecule has 1 aromatic heterocycles. The fourth-order valence-electron chi connectivity index (χ4n) is 6.88. The zero-order valence-corrected chi connectivity index (χ0v) is 24.6. The Labute approximate surface area is 248 Å². The van der Waals surface area contributed by atoms with E-state index in [1.165, 1.54) is 76.1 Å². The second-order valence-corrected chi connectivity index (χ2v) is 12.3. The number of hydrogen-bond donors (Lipinski definition) is 0. The molecule has 1 nitrogen and oxygen atoms in total. The maximum Gasteiger partial charge on any atom is 0.0541 e. The van der Waals surface area contributed by atoms with Gasteiger partial charge in [-0.3, -0.25) is 0 Å². The number of para-hydroxylation sites is 2. The van der Waals surface area contributed by atoms with Crippen molar-refractivity contribution in [3.05, 3.63) is 150 Å². The maximum absolute atomic E-state index is 4.04. The average molecular weight is 591 g/mol. The van der Waals surface area contributed by atoms with Crippen molar-refractivity contribution in [2.45, 2.75) is 19.3 Å². The van der Waals surface area contributed by atoms with Crippen molar-refractivity contribution >= 4 is 58.6 Å². The van der Waals surface area contributed by atoms with Gasteiger partial charge in [0.15, 0.2) is 0 Å². The predicted octanol–water partition coefficient (Wildman–Crippen LogP) is 11.2. The zero-order valence-electron chi connectivity index (χ0n) is 23.0. The first-order valence-corrected chi connectivity index (χ1v) is 14.9. The van der Waals surface area contributed by atoms with Gasteiger partial charge in [-0.25, -0.2) is 0 Å². The van der Waals surface area contributed by atoms with Crippen LogP contribution in [0.5, 0.6) is 0 Å². The highest BCUT2D eigenvalue weighted by Gasteiger charge is 2.38. The van der Waals surface area contributed by atoms with Crippen molar-refractivity contribution in [2.24, 2.45) is 0 Å². The number of aromatic nitrogens is 1. The molecule has 1 heterocycles. The van der Waals surface area contributed by atoms with E-state index in [1.807, 2.05) is 0 Å². The fourth-order valence-corrected chi connectivity index (χ4v) is 7.94. The first-order valence-electron chi connectivity index (χ1n) is 14.1. The molecule has 0 saturated carbocycles. The first kappa shape index (κ1) is 24.4. The minimum Gasteiger partial charge on any atom is -0.309 e. The third kappa shape index (κ3) is 3.60. The van der Waals surface area contributed by atoms with Crippen LogP contribution in [0.15, 0.2) is 133 Å². The summed E-state index contributed by atoms with van der Waals surface area (Å²) in [6, 6.07) is 48.6. The summed E-state index contributed by atoms with van der Waals surface area (Å²) in [7, 11) is 0. The molecular formula is C39H28BrN. The van der Waals surface area contributed by atoms with Crippen molar-refractivity contribution in [3.8, 4) is 16.8 Å². The van der Waals surface area contributed by atoms with Gasteiger partial charge in [-0.1, -0.05) is 111 Å². The molecule has 1 aliphatic carbocycles. The van der Waals surface area contributed by atoms with Gasteiger partial charge in [-0.2, -0.15) is 0 Å². The molecule has 8 rings (SSSR count). The van der Waals surface area contributed by atoms with Gasteiger partial charge < -0.3 is 4.57 Å². The molecule has 0 aliphatic heterocycles. The highest BCUT2D eigenvalue weighted by molar-refractivity contribution is 9.15. The molecule has 0 fully saturated rings. The molecule has 41 heavy (non-hydrogen) atoms. The fraction of sp³-hybridized carbons (Fsp3) is 0.0769. The Morgan fingerprint density at radius 3 is 2.05 bits per heavy atom. The monoisotopic (exact) mass is 589 g/mol. The minimum absolute atomic E-state index is 0.151. The largest absolute Gasteiger partial charge is 0.309 e. The van der Waals surface area contributed by atoms with E-state index < -0.39 is 0 Å². The lowest BCUT2D eigenvalue weighted by molar-refractivity contribution is 0.705. The molecule has 2 heteroatoms. The highest BCUT2D eigenvalue weighted by atomic mass is 79.9. The van der Waals surface area contributed by atoms with Crippen LogP contribution in [0.3, 0.4) is 0 Å². The number of hydrogen-bond acceptors (Lipinski definition) is 0. The van der Waals surface area contributed by atoms with E-state index in [0.717, 1.165) is 0 Å². The van der Waals surface area contributed by atoms with Gasteiger partial charge in [0.2, 0.25) is 0 Å². The first-order chi connectivity index (χ1) is 20.0. The predicted molar refractivity (Wildman–Crippen MR) is 179 cm³/mol. The molecule has 7 aromatic rings. The van der Waals surface area contributed by atoms with E-state index in [4.69, 9.17) is 0 Å². The van der Waals surface area contributed by atoms with Gasteiger partial charge in [0.1, 0.15) is 0 Å². The smallest absolute Gasteiger partial charge is 0.0541 e. The van der Waals surface area contributed by atoms with E-state index in [1.54, 1.807) is 0 Å². The number of benzene rings is 6. The standard InChI is InChI=1S/C39H28BrN/c1-39(2)34-24-27(19-21-32(34)38(40)37(39)31-17-10-12-25-11-6-7-15-29(25)31)26-20-22-36-33(23-26)30-16-8-9-18-35(30)41(36)28-13-4-3-5-14-28/h3-24H,1-2H3. The molecule has 0 N–H and O–H groups in total. The summed E-state index contributed by atoms with van der Waals surface area (Å²) in [5.74, 6) is 0. The van der Waals surface area contributed by atoms with Crippen LogP contribution >= 0.6 is 15.9 Å². The molecular weight excluding hydrogens is 562 g/mol. The Bertz CT molecular complexity index is 2170. The second kappa shape index (κ2) is 9.06. The maximum atomic E-state index is 4.04. The zero-order chi connectivity index (χ0) is 27.7. The van der Waals surface area contributed by atoms with Crippen molar-refractivity contribution in [1.82, 2.24) is 4.57 Å². The third-order valence-electron chi connectivity index (χ3n) is 8.85. The molecule has 0 saturated heterocycles. The van der Waals surface area contributed by atoms with Crippen molar-refractivity contribution < 1.29 is 0 Å². The molecule has 6 aromatic carbocycles. The molecule has 0 unspecified atom stereocenters.